The van der Waals surface area contributed by atoms with E-state index in [0.717, 1.165) is 0 Å². The van der Waals surface area contributed by atoms with Gasteiger partial charge in [0.05, 0.1) is 0 Å². The minimum absolute atomic E-state index is 0. The van der Waals surface area contributed by atoms with Crippen LogP contribution in [-0.2, 0) is 26.2 Å². The van der Waals surface area contributed by atoms with Crippen LogP contribution >= 0.6 is 0 Å². The average molecular weight is 643 g/mol. The summed E-state index contributed by atoms with van der Waals surface area (Å²) in [6.07, 6.45) is 0. The Morgan fingerprint density at radius 2 is 0.333 bits per heavy atom. The molecule has 84 valence electrons. The molecule has 0 saturated carbocycles. The summed E-state index contributed by atoms with van der Waals surface area (Å²) in [5, 5.41) is 0. The molecule has 12 heteroatoms. The first-order valence-electron chi connectivity index (χ1n) is 0. The molecule has 0 rings (SSSR count). The fourth-order valence-electron chi connectivity index (χ4n) is 0. The second-order valence-electron chi connectivity index (χ2n) is 0. The van der Waals surface area contributed by atoms with E-state index in [1.165, 1.54) is 0 Å². The van der Waals surface area contributed by atoms with Crippen LogP contribution in [0.25, 0.3) is 0 Å². The van der Waals surface area contributed by atoms with Gasteiger partial charge in [0.15, 0.2) is 0 Å². The summed E-state index contributed by atoms with van der Waals surface area (Å²) in [4.78, 5) is 0. The van der Waals surface area contributed by atoms with Crippen LogP contribution in [0.1, 0.15) is 0 Å². The minimum atomic E-state index is 0. The van der Waals surface area contributed by atoms with Crippen LogP contribution in [-0.4, -0.2) is 48.9 Å². The third kappa shape index (κ3) is 196. The van der Waals surface area contributed by atoms with Gasteiger partial charge in [0, 0.05) is 66.1 Å². The van der Waals surface area contributed by atoms with E-state index >= 15 is 0 Å². The molecule has 0 saturated heterocycles. The van der Waals surface area contributed by atoms with Crippen LogP contribution in [0.5, 0.6) is 0 Å². The van der Waals surface area contributed by atoms with Gasteiger partial charge in [-0.05, 0) is 0 Å². The van der Waals surface area contributed by atoms with Crippen LogP contribution in [0.4, 0.5) is 42.3 Å². The molecule has 0 fully saturated rings. The first kappa shape index (κ1) is 306. The summed E-state index contributed by atoms with van der Waals surface area (Å²) in [6, 6.07) is 0. The molecule has 0 N–H and O–H groups in total. The van der Waals surface area contributed by atoms with Gasteiger partial charge < -0.3 is 0 Å². The van der Waals surface area contributed by atoms with E-state index in [1.807, 2.05) is 0 Å². The number of hydrogen-bond donors (Lipinski definition) is 0. The van der Waals surface area contributed by atoms with E-state index in [-0.39, 0.29) is 157 Å². The van der Waals surface area contributed by atoms with Crippen molar-refractivity contribution in [1.82, 2.24) is 0 Å². The summed E-state index contributed by atoms with van der Waals surface area (Å²) in [7, 11) is 0. The molecule has 0 amide bonds. The standard InChI is InChI=1S/Ba.9FH.Th.Zr.2H/h;9*1H;;;;. The smallest absolute Gasteiger partial charge is 0 e. The molecule has 12 heavy (non-hydrogen) atoms. The Hall–Kier alpha value is 3.15. The van der Waals surface area contributed by atoms with Crippen molar-refractivity contribution in [2.45, 2.75) is 0 Å². The maximum atomic E-state index is 0. The van der Waals surface area contributed by atoms with Crippen LogP contribution in [0.2, 0.25) is 0 Å². The predicted molar refractivity (Wildman–Crippen MR) is 31.1 cm³/mol. The molecule has 0 radical (unpaired) electrons. The normalized spacial score (nSPS) is 0. The molecule has 0 aliphatic rings. The molecule has 0 aliphatic heterocycles. The quantitative estimate of drug-likeness (QED) is 0.266. The SMILES string of the molecule is F.F.F.F.F.F.F.F.F.[BaH2].[Th].[Zr]. The zero-order valence-electron chi connectivity index (χ0n) is 4.67. The Balaban J connectivity index is 0. The fraction of sp³-hybridized carbons (Fsp3) is 0. The van der Waals surface area contributed by atoms with Gasteiger partial charge in [-0.3, -0.25) is 42.3 Å². The van der Waals surface area contributed by atoms with Gasteiger partial charge in [0.1, 0.15) is 0 Å². The maximum absolute atomic E-state index is 0. The third-order valence-electron chi connectivity index (χ3n) is 0. The first-order chi connectivity index (χ1) is 0. The van der Waals surface area contributed by atoms with Gasteiger partial charge in [-0.2, -0.15) is 0 Å². The van der Waals surface area contributed by atoms with Gasteiger partial charge in [0.25, 0.3) is 0 Å². The van der Waals surface area contributed by atoms with Crippen molar-refractivity contribution >= 4 is 48.9 Å². The average Bonchev–Trinajstić information content (AvgIpc) is 0. The molecule has 0 nitrogen and oxygen atoms in total. The zero-order chi connectivity index (χ0) is 0. The van der Waals surface area contributed by atoms with Crippen molar-refractivity contribution in [3.8, 4) is 0 Å². The molecule has 0 aliphatic carbocycles. The van der Waals surface area contributed by atoms with Crippen molar-refractivity contribution in [2.75, 3.05) is 0 Å². The second-order valence-corrected chi connectivity index (χ2v) is 0. The first-order valence-corrected chi connectivity index (χ1v) is 0. The predicted octanol–water partition coefficient (Wildman–Crippen LogP) is 0.454. The summed E-state index contributed by atoms with van der Waals surface area (Å²) in [6.45, 7) is 0. The van der Waals surface area contributed by atoms with E-state index in [1.54, 1.807) is 0 Å². The largest absolute Gasteiger partial charge is 0 e. The monoisotopic (exact) mass is 642 g/mol. The molecular formula is H11BaF9ThZr. The molecule has 0 aromatic carbocycles. The van der Waals surface area contributed by atoms with Gasteiger partial charge >= 0.3 is 48.9 Å². The van der Waals surface area contributed by atoms with Crippen LogP contribution in [0, 0.1) is 39.9 Å². The minimum Gasteiger partial charge on any atom is 0 e. The molecule has 0 atom stereocenters. The molecule has 0 spiro atoms. The van der Waals surface area contributed by atoms with Crippen molar-refractivity contribution in [2.24, 2.45) is 0 Å². The number of halogens is 9. The van der Waals surface area contributed by atoms with Gasteiger partial charge in [-0.25, -0.2) is 0 Å². The molecule has 0 bridgehead atoms. The summed E-state index contributed by atoms with van der Waals surface area (Å²) in [5.74, 6) is 0. The summed E-state index contributed by atoms with van der Waals surface area (Å²) in [5.41, 5.74) is 0. The molecule has 0 unspecified atom stereocenters. The molecule has 0 aromatic heterocycles. The molecular weight excluding hydrogens is 632 g/mol. The topological polar surface area (TPSA) is 0 Å². The molecule has 0 heterocycles. The van der Waals surface area contributed by atoms with Crippen LogP contribution < -0.4 is 0 Å². The Labute approximate surface area is 154 Å². The van der Waals surface area contributed by atoms with Crippen molar-refractivity contribution in [3.05, 3.63) is 0 Å². The van der Waals surface area contributed by atoms with Gasteiger partial charge in [-0.1, -0.05) is 0 Å². The maximum Gasteiger partial charge on any atom is 0 e. The van der Waals surface area contributed by atoms with E-state index in [4.69, 9.17) is 0 Å². The summed E-state index contributed by atoms with van der Waals surface area (Å²) < 4.78 is 0. The van der Waals surface area contributed by atoms with Crippen molar-refractivity contribution in [3.63, 3.8) is 0 Å². The zero-order valence-corrected chi connectivity index (χ0v) is 11.2. The third-order valence-corrected chi connectivity index (χ3v) is 0. The van der Waals surface area contributed by atoms with Gasteiger partial charge in [0.2, 0.25) is 0 Å². The van der Waals surface area contributed by atoms with Crippen molar-refractivity contribution < 1.29 is 108 Å². The van der Waals surface area contributed by atoms with Gasteiger partial charge in [-0.15, -0.1) is 0 Å². The fourth-order valence-corrected chi connectivity index (χ4v) is 0. The van der Waals surface area contributed by atoms with Crippen molar-refractivity contribution in [1.29, 1.82) is 0 Å². The Kier molecular flexibility index (Phi) is 6290. The van der Waals surface area contributed by atoms with E-state index in [0.29, 0.717) is 0 Å². The molecule has 0 aromatic rings. The summed E-state index contributed by atoms with van der Waals surface area (Å²) >= 11 is 0. The number of hydrogen-bond acceptors (Lipinski definition) is 0. The van der Waals surface area contributed by atoms with E-state index in [9.17, 15) is 0 Å². The van der Waals surface area contributed by atoms with Crippen LogP contribution in [0.15, 0.2) is 0 Å². The van der Waals surface area contributed by atoms with Crippen LogP contribution in [0.3, 0.4) is 0 Å². The Morgan fingerprint density at radius 1 is 0.333 bits per heavy atom. The van der Waals surface area contributed by atoms with E-state index < -0.39 is 0 Å². The Morgan fingerprint density at radius 3 is 0.333 bits per heavy atom. The Bertz CT molecular complexity index is 14.5. The number of rotatable bonds is 0. The second kappa shape index (κ2) is 247. The van der Waals surface area contributed by atoms with E-state index in [2.05, 4.69) is 0 Å².